The molecule has 8 nitrogen and oxygen atoms in total. The van der Waals surface area contributed by atoms with E-state index in [1.54, 1.807) is 23.4 Å². The lowest BCUT2D eigenvalue weighted by atomic mass is 10.2. The number of hydrogen-bond donors (Lipinski definition) is 0. The van der Waals surface area contributed by atoms with Gasteiger partial charge in [0.1, 0.15) is 0 Å². The molecule has 0 atom stereocenters. The molecular weight excluding hydrogens is 370 g/mol. The molecule has 0 bridgehead atoms. The Kier molecular flexibility index (Phi) is 7.44. The van der Waals surface area contributed by atoms with Crippen molar-refractivity contribution in [2.24, 2.45) is 0 Å². The minimum atomic E-state index is -0.0607. The van der Waals surface area contributed by atoms with Gasteiger partial charge in [-0.25, -0.2) is 4.79 Å². The number of pyridine rings is 1. The largest absolute Gasteiger partial charge is 0.378 e. The van der Waals surface area contributed by atoms with Gasteiger partial charge in [-0.15, -0.1) is 0 Å². The summed E-state index contributed by atoms with van der Waals surface area (Å²) in [6.45, 7) is 5.43. The number of morpholine rings is 1. The van der Waals surface area contributed by atoms with Crippen LogP contribution in [0.25, 0.3) is 0 Å². The predicted octanol–water partition coefficient (Wildman–Crippen LogP) is 0.595. The van der Waals surface area contributed by atoms with E-state index in [-0.39, 0.29) is 11.9 Å². The number of carbonyl (C=O) groups excluding carboxylic acids is 2. The summed E-state index contributed by atoms with van der Waals surface area (Å²) in [7, 11) is 3.92. The molecule has 0 aromatic carbocycles. The first-order chi connectivity index (χ1) is 14.0. The SMILES string of the molecule is CN(C)CC#Cc1cncc(C(=O)N2CCCN(C(=O)N3CCOCC3)CC2)c1. The number of amides is 3. The monoisotopic (exact) mass is 399 g/mol. The third kappa shape index (κ3) is 5.92. The molecule has 1 aromatic heterocycles. The van der Waals surface area contributed by atoms with Crippen molar-refractivity contribution in [1.29, 1.82) is 0 Å². The highest BCUT2D eigenvalue weighted by atomic mass is 16.5. The van der Waals surface area contributed by atoms with Crippen molar-refractivity contribution in [2.75, 3.05) is 73.1 Å². The minimum absolute atomic E-state index is 0.0439. The molecule has 0 spiro atoms. The van der Waals surface area contributed by atoms with E-state index in [1.165, 1.54) is 0 Å². The van der Waals surface area contributed by atoms with Crippen LogP contribution in [0.1, 0.15) is 22.3 Å². The molecule has 0 aliphatic carbocycles. The molecule has 0 N–H and O–H groups in total. The van der Waals surface area contributed by atoms with Crippen LogP contribution < -0.4 is 0 Å². The molecular formula is C21H29N5O3. The predicted molar refractivity (Wildman–Crippen MR) is 110 cm³/mol. The minimum Gasteiger partial charge on any atom is -0.378 e. The zero-order valence-corrected chi connectivity index (χ0v) is 17.3. The van der Waals surface area contributed by atoms with Gasteiger partial charge in [0.05, 0.1) is 25.3 Å². The van der Waals surface area contributed by atoms with Crippen molar-refractivity contribution in [1.82, 2.24) is 24.6 Å². The van der Waals surface area contributed by atoms with Gasteiger partial charge in [0.15, 0.2) is 0 Å². The summed E-state index contributed by atoms with van der Waals surface area (Å²) >= 11 is 0. The topological polar surface area (TPSA) is 69.2 Å². The molecule has 3 heterocycles. The molecule has 0 saturated carbocycles. The van der Waals surface area contributed by atoms with E-state index in [4.69, 9.17) is 4.74 Å². The molecule has 1 aromatic rings. The lowest BCUT2D eigenvalue weighted by Crippen LogP contribution is -2.49. The molecule has 0 radical (unpaired) electrons. The number of urea groups is 1. The Bertz CT molecular complexity index is 780. The van der Waals surface area contributed by atoms with Crippen molar-refractivity contribution >= 4 is 11.9 Å². The second-order valence-electron chi connectivity index (χ2n) is 7.52. The molecule has 0 unspecified atom stereocenters. The Morgan fingerprint density at radius 2 is 1.72 bits per heavy atom. The third-order valence-electron chi connectivity index (χ3n) is 4.95. The van der Waals surface area contributed by atoms with Gasteiger partial charge in [0.2, 0.25) is 0 Å². The van der Waals surface area contributed by atoms with Crippen LogP contribution in [0.4, 0.5) is 4.79 Å². The van der Waals surface area contributed by atoms with Crippen LogP contribution in [0.3, 0.4) is 0 Å². The smallest absolute Gasteiger partial charge is 0.320 e. The summed E-state index contributed by atoms with van der Waals surface area (Å²) in [5.74, 6) is 6.05. The summed E-state index contributed by atoms with van der Waals surface area (Å²) in [6.07, 6.45) is 4.02. The van der Waals surface area contributed by atoms with Crippen molar-refractivity contribution in [2.45, 2.75) is 6.42 Å². The van der Waals surface area contributed by atoms with Crippen LogP contribution >= 0.6 is 0 Å². The van der Waals surface area contributed by atoms with E-state index >= 15 is 0 Å². The Balaban J connectivity index is 1.60. The van der Waals surface area contributed by atoms with Crippen molar-refractivity contribution < 1.29 is 14.3 Å². The molecule has 156 valence electrons. The maximum absolute atomic E-state index is 13.0. The summed E-state index contributed by atoms with van der Waals surface area (Å²) < 4.78 is 5.32. The van der Waals surface area contributed by atoms with E-state index < -0.39 is 0 Å². The zero-order chi connectivity index (χ0) is 20.6. The Morgan fingerprint density at radius 3 is 2.48 bits per heavy atom. The number of hydrogen-bond acceptors (Lipinski definition) is 5. The Morgan fingerprint density at radius 1 is 1.03 bits per heavy atom. The van der Waals surface area contributed by atoms with Crippen LogP contribution in [-0.2, 0) is 4.74 Å². The van der Waals surface area contributed by atoms with E-state index in [0.717, 1.165) is 12.0 Å². The zero-order valence-electron chi connectivity index (χ0n) is 17.3. The highest BCUT2D eigenvalue weighted by Crippen LogP contribution is 2.12. The van der Waals surface area contributed by atoms with Crippen molar-refractivity contribution in [3.63, 3.8) is 0 Å². The van der Waals surface area contributed by atoms with Gasteiger partial charge in [-0.2, -0.15) is 0 Å². The van der Waals surface area contributed by atoms with E-state index in [1.807, 2.05) is 28.8 Å². The highest BCUT2D eigenvalue weighted by molar-refractivity contribution is 5.94. The first kappa shape index (κ1) is 21.1. The van der Waals surface area contributed by atoms with Crippen LogP contribution in [0, 0.1) is 11.8 Å². The van der Waals surface area contributed by atoms with Gasteiger partial charge >= 0.3 is 6.03 Å². The van der Waals surface area contributed by atoms with Gasteiger partial charge in [-0.1, -0.05) is 11.8 Å². The fraction of sp³-hybridized carbons (Fsp3) is 0.571. The third-order valence-corrected chi connectivity index (χ3v) is 4.95. The van der Waals surface area contributed by atoms with Crippen LogP contribution in [-0.4, -0.2) is 110 Å². The van der Waals surface area contributed by atoms with Gasteiger partial charge in [-0.05, 0) is 26.6 Å². The second-order valence-corrected chi connectivity index (χ2v) is 7.52. The van der Waals surface area contributed by atoms with Crippen molar-refractivity contribution in [3.05, 3.63) is 29.6 Å². The maximum Gasteiger partial charge on any atom is 0.320 e. The fourth-order valence-corrected chi connectivity index (χ4v) is 3.37. The summed E-state index contributed by atoms with van der Waals surface area (Å²) in [4.78, 5) is 37.3. The first-order valence-corrected chi connectivity index (χ1v) is 10.0. The summed E-state index contributed by atoms with van der Waals surface area (Å²) in [6, 6.07) is 1.84. The summed E-state index contributed by atoms with van der Waals surface area (Å²) in [5.41, 5.74) is 1.27. The number of carbonyl (C=O) groups is 2. The fourth-order valence-electron chi connectivity index (χ4n) is 3.37. The van der Waals surface area contributed by atoms with Gasteiger partial charge < -0.3 is 19.4 Å². The number of aromatic nitrogens is 1. The van der Waals surface area contributed by atoms with Crippen LogP contribution in [0.15, 0.2) is 18.5 Å². The average Bonchev–Trinajstić information content (AvgIpc) is 2.99. The van der Waals surface area contributed by atoms with E-state index in [2.05, 4.69) is 16.8 Å². The van der Waals surface area contributed by atoms with E-state index in [9.17, 15) is 9.59 Å². The van der Waals surface area contributed by atoms with Gasteiger partial charge in [-0.3, -0.25) is 14.7 Å². The molecule has 2 saturated heterocycles. The van der Waals surface area contributed by atoms with E-state index in [0.29, 0.717) is 64.6 Å². The van der Waals surface area contributed by atoms with Gasteiger partial charge in [0, 0.05) is 57.2 Å². The van der Waals surface area contributed by atoms with Crippen molar-refractivity contribution in [3.8, 4) is 11.8 Å². The second kappa shape index (κ2) is 10.2. The molecule has 3 rings (SSSR count). The maximum atomic E-state index is 13.0. The standard InChI is InChI=1S/C21H29N5O3/c1-23(2)6-3-5-18-15-19(17-22-16-18)20(27)24-7-4-8-25(10-9-24)21(28)26-11-13-29-14-12-26/h15-17H,4,6-14H2,1-2H3. The Labute approximate surface area is 172 Å². The summed E-state index contributed by atoms with van der Waals surface area (Å²) in [5, 5.41) is 0. The Hall–Kier alpha value is -2.63. The molecule has 3 amide bonds. The molecule has 2 aliphatic rings. The molecule has 8 heteroatoms. The number of nitrogens with zero attached hydrogens (tertiary/aromatic N) is 5. The van der Waals surface area contributed by atoms with Crippen LogP contribution in [0.5, 0.6) is 0 Å². The van der Waals surface area contributed by atoms with Crippen LogP contribution in [0.2, 0.25) is 0 Å². The molecule has 2 fully saturated rings. The quantitative estimate of drug-likeness (QED) is 0.681. The lowest BCUT2D eigenvalue weighted by molar-refractivity contribution is 0.0435. The molecule has 29 heavy (non-hydrogen) atoms. The highest BCUT2D eigenvalue weighted by Gasteiger charge is 2.26. The average molecular weight is 399 g/mol. The number of ether oxygens (including phenoxy) is 1. The normalized spacial score (nSPS) is 17.6. The number of rotatable bonds is 2. The molecule has 2 aliphatic heterocycles. The van der Waals surface area contributed by atoms with Gasteiger partial charge in [0.25, 0.3) is 5.91 Å². The first-order valence-electron chi connectivity index (χ1n) is 10.0. The lowest BCUT2D eigenvalue weighted by Gasteiger charge is -2.32.